The molecule has 0 unspecified atom stereocenters. The number of sulfone groups is 1. The molecule has 0 fully saturated rings. The Balaban J connectivity index is 0.00000141. The van der Waals surface area contributed by atoms with E-state index in [2.05, 4.69) is 16.0 Å². The first-order valence-corrected chi connectivity index (χ1v) is 19.8. The molecule has 56 heavy (non-hydrogen) atoms. The number of hydrogen-bond acceptors (Lipinski definition) is 8. The first kappa shape index (κ1) is 47.5. The number of carbonyl (C=O) groups is 3. The van der Waals surface area contributed by atoms with Gasteiger partial charge in [0.05, 0.1) is 23.1 Å². The number of alkyl halides is 3. The van der Waals surface area contributed by atoms with E-state index in [0.29, 0.717) is 43.9 Å². The van der Waals surface area contributed by atoms with E-state index in [1.54, 1.807) is 30.3 Å². The standard InChI is InChI=1S/C37H49F2N3O6S.C2HF3O2/c1-4-11-32(12-5-2)49(46,47)25-34(42-37(45)48-24-27-13-8-7-9-14-27)36(44)41-33(20-29-18-30(38)21-31(39)19-29)35(43)23-40-22-28-16-10-15-26(6-3)17-28;3-2(4,5)1(6)7/h7-10,13-19,21,32-35,40,43H,4-6,11-12,20,22-25H2,1-3H3,(H,41,44)(H,42,45);(H,6,7)/t33-,34+,35+;/m0./s1. The Morgan fingerprint density at radius 1 is 0.804 bits per heavy atom. The largest absolute Gasteiger partial charge is 0.490 e. The fourth-order valence-corrected chi connectivity index (χ4v) is 7.78. The van der Waals surface area contributed by atoms with E-state index in [4.69, 9.17) is 14.6 Å². The zero-order valence-electron chi connectivity index (χ0n) is 31.5. The summed E-state index contributed by atoms with van der Waals surface area (Å²) < 4.78 is 92.4. The average Bonchev–Trinajstić information content (AvgIpc) is 3.13. The molecule has 17 heteroatoms. The molecule has 0 aliphatic carbocycles. The van der Waals surface area contributed by atoms with Crippen LogP contribution in [0.15, 0.2) is 72.8 Å². The van der Waals surface area contributed by atoms with E-state index in [1.807, 2.05) is 45.0 Å². The maximum absolute atomic E-state index is 14.1. The van der Waals surface area contributed by atoms with Gasteiger partial charge in [0.1, 0.15) is 24.3 Å². The van der Waals surface area contributed by atoms with E-state index in [1.165, 1.54) is 0 Å². The van der Waals surface area contributed by atoms with E-state index in [-0.39, 0.29) is 25.1 Å². The highest BCUT2D eigenvalue weighted by atomic mass is 32.2. The fraction of sp³-hybridized carbons (Fsp3) is 0.462. The van der Waals surface area contributed by atoms with E-state index in [0.717, 1.165) is 29.7 Å². The maximum atomic E-state index is 14.1. The number of nitrogens with one attached hydrogen (secondary N) is 3. The van der Waals surface area contributed by atoms with Crippen molar-refractivity contribution in [2.24, 2.45) is 0 Å². The molecule has 11 nitrogen and oxygen atoms in total. The second kappa shape index (κ2) is 23.5. The summed E-state index contributed by atoms with van der Waals surface area (Å²) in [5.41, 5.74) is 2.99. The second-order valence-corrected chi connectivity index (χ2v) is 15.4. The summed E-state index contributed by atoms with van der Waals surface area (Å²) in [6, 6.07) is 17.0. The number of carboxylic acids is 1. The molecule has 0 aliphatic rings. The lowest BCUT2D eigenvalue weighted by molar-refractivity contribution is -0.192. The smallest absolute Gasteiger partial charge is 0.475 e. The number of carbonyl (C=O) groups excluding carboxylic acids is 2. The van der Waals surface area contributed by atoms with Crippen molar-refractivity contribution in [3.63, 3.8) is 0 Å². The first-order valence-electron chi connectivity index (χ1n) is 18.1. The van der Waals surface area contributed by atoms with Crippen LogP contribution in [0.5, 0.6) is 0 Å². The van der Waals surface area contributed by atoms with E-state index >= 15 is 0 Å². The lowest BCUT2D eigenvalue weighted by Crippen LogP contribution is -2.57. The summed E-state index contributed by atoms with van der Waals surface area (Å²) >= 11 is 0. The molecule has 2 amide bonds. The van der Waals surface area contributed by atoms with Crippen molar-refractivity contribution in [2.45, 2.75) is 102 Å². The number of rotatable bonds is 20. The van der Waals surface area contributed by atoms with Crippen LogP contribution in [-0.4, -0.2) is 78.5 Å². The number of aliphatic hydroxyl groups excluding tert-OH is 1. The van der Waals surface area contributed by atoms with Crippen LogP contribution in [0.25, 0.3) is 0 Å². The molecule has 3 aromatic carbocycles. The Kier molecular flexibility index (Phi) is 19.9. The molecule has 0 aromatic heterocycles. The van der Waals surface area contributed by atoms with Crippen LogP contribution < -0.4 is 16.0 Å². The fourth-order valence-electron chi connectivity index (χ4n) is 5.62. The second-order valence-electron chi connectivity index (χ2n) is 13.1. The lowest BCUT2D eigenvalue weighted by atomic mass is 10.00. The normalized spacial score (nSPS) is 13.2. The minimum Gasteiger partial charge on any atom is -0.475 e. The van der Waals surface area contributed by atoms with Gasteiger partial charge in [-0.1, -0.05) is 88.2 Å². The number of benzene rings is 3. The van der Waals surface area contributed by atoms with Crippen molar-refractivity contribution >= 4 is 27.8 Å². The molecule has 0 spiro atoms. The van der Waals surface area contributed by atoms with E-state index in [9.17, 15) is 45.1 Å². The van der Waals surface area contributed by atoms with Gasteiger partial charge in [0, 0.05) is 19.2 Å². The quantitative estimate of drug-likeness (QED) is 0.0857. The van der Waals surface area contributed by atoms with Crippen molar-refractivity contribution < 1.29 is 59.7 Å². The van der Waals surface area contributed by atoms with Crippen LogP contribution in [0.2, 0.25) is 0 Å². The number of carboxylic acid groups (broad SMARTS) is 1. The zero-order chi connectivity index (χ0) is 41.9. The third-order valence-corrected chi connectivity index (χ3v) is 10.7. The molecule has 0 radical (unpaired) electrons. The summed E-state index contributed by atoms with van der Waals surface area (Å²) in [4.78, 5) is 35.6. The third kappa shape index (κ3) is 17.5. The number of ether oxygens (including phenoxy) is 1. The van der Waals surface area contributed by atoms with Gasteiger partial charge in [-0.05, 0) is 60.1 Å². The van der Waals surface area contributed by atoms with Crippen LogP contribution in [0.4, 0.5) is 26.7 Å². The van der Waals surface area contributed by atoms with Gasteiger partial charge < -0.3 is 30.9 Å². The topological polar surface area (TPSA) is 171 Å². The SMILES string of the molecule is CCCC(CCC)S(=O)(=O)C[C@@H](NC(=O)OCc1ccccc1)C(=O)N[C@@H](Cc1cc(F)cc(F)c1)[C@H](O)CNCc1cccc(CC)c1.O=C(O)C(F)(F)F. The summed E-state index contributed by atoms with van der Waals surface area (Å²) in [6.45, 7) is 6.08. The Morgan fingerprint density at radius 3 is 1.93 bits per heavy atom. The Morgan fingerprint density at radius 2 is 1.38 bits per heavy atom. The highest BCUT2D eigenvalue weighted by Crippen LogP contribution is 2.18. The summed E-state index contributed by atoms with van der Waals surface area (Å²) in [5, 5.41) is 25.9. The molecule has 3 rings (SSSR count). The Bertz CT molecular complexity index is 1770. The van der Waals surface area contributed by atoms with Gasteiger partial charge in [0.25, 0.3) is 0 Å². The van der Waals surface area contributed by atoms with E-state index < -0.39 is 74.8 Å². The molecule has 0 heterocycles. The summed E-state index contributed by atoms with van der Waals surface area (Å²) in [7, 11) is -3.89. The molecular formula is C39H50F5N3O8S. The number of alkyl carbamates (subject to hydrolysis) is 1. The zero-order valence-corrected chi connectivity index (χ0v) is 32.3. The highest BCUT2D eigenvalue weighted by Gasteiger charge is 2.38. The predicted molar refractivity (Wildman–Crippen MR) is 200 cm³/mol. The summed E-state index contributed by atoms with van der Waals surface area (Å²) in [5.74, 6) is -6.00. The monoisotopic (exact) mass is 815 g/mol. The predicted octanol–water partition coefficient (Wildman–Crippen LogP) is 6.02. The van der Waals surface area contributed by atoms with Crippen molar-refractivity contribution in [3.05, 3.63) is 107 Å². The van der Waals surface area contributed by atoms with Gasteiger partial charge in [0.15, 0.2) is 9.84 Å². The molecule has 0 bridgehead atoms. The molecule has 0 saturated carbocycles. The van der Waals surface area contributed by atoms with Crippen molar-refractivity contribution in [1.82, 2.24) is 16.0 Å². The highest BCUT2D eigenvalue weighted by molar-refractivity contribution is 7.92. The minimum absolute atomic E-state index is 0.0102. The molecule has 5 N–H and O–H groups in total. The molecule has 310 valence electrons. The number of halogens is 5. The van der Waals surface area contributed by atoms with Gasteiger partial charge in [-0.2, -0.15) is 13.2 Å². The minimum atomic E-state index is -5.08. The van der Waals surface area contributed by atoms with Gasteiger partial charge >= 0.3 is 18.2 Å². The van der Waals surface area contributed by atoms with Crippen LogP contribution in [-0.2, 0) is 50.2 Å². The van der Waals surface area contributed by atoms with Crippen molar-refractivity contribution in [3.8, 4) is 0 Å². The number of aliphatic hydroxyl groups is 1. The molecule has 0 saturated heterocycles. The third-order valence-electron chi connectivity index (χ3n) is 8.44. The summed E-state index contributed by atoms with van der Waals surface area (Å²) in [6.07, 6.45) is -4.66. The van der Waals surface area contributed by atoms with Crippen molar-refractivity contribution in [1.29, 1.82) is 0 Å². The van der Waals surface area contributed by atoms with Crippen molar-refractivity contribution in [2.75, 3.05) is 12.3 Å². The van der Waals surface area contributed by atoms with Crippen LogP contribution in [0, 0.1) is 11.6 Å². The Hall–Kier alpha value is -4.61. The number of amides is 2. The molecule has 3 atom stereocenters. The number of aryl methyl sites for hydroxylation is 1. The maximum Gasteiger partial charge on any atom is 0.490 e. The average molecular weight is 816 g/mol. The van der Waals surface area contributed by atoms with Gasteiger partial charge in [0.2, 0.25) is 5.91 Å². The number of aliphatic carboxylic acids is 1. The molecular weight excluding hydrogens is 765 g/mol. The van der Waals surface area contributed by atoms with Gasteiger partial charge in [-0.3, -0.25) is 4.79 Å². The van der Waals surface area contributed by atoms with Gasteiger partial charge in [-0.15, -0.1) is 0 Å². The molecule has 3 aromatic rings. The Labute approximate surface area is 324 Å². The van der Waals surface area contributed by atoms with Gasteiger partial charge in [-0.25, -0.2) is 26.8 Å². The molecule has 0 aliphatic heterocycles. The van der Waals surface area contributed by atoms with Crippen LogP contribution >= 0.6 is 0 Å². The van der Waals surface area contributed by atoms with Crippen LogP contribution in [0.1, 0.15) is 68.7 Å². The van der Waals surface area contributed by atoms with Crippen LogP contribution in [0.3, 0.4) is 0 Å². The number of hydrogen-bond donors (Lipinski definition) is 5. The first-order chi connectivity index (χ1) is 26.4. The lowest BCUT2D eigenvalue weighted by Gasteiger charge is -2.28.